The number of amides is 1. The molecule has 0 spiro atoms. The number of nitrogens with zero attached hydrogens (tertiary/aromatic N) is 7. The van der Waals surface area contributed by atoms with E-state index in [9.17, 15) is 4.79 Å². The van der Waals surface area contributed by atoms with E-state index >= 15 is 0 Å². The largest absolute Gasteiger partial charge is 0.280 e. The molecule has 2 heterocycles. The molecule has 0 bridgehead atoms. The molecule has 1 aliphatic rings. The van der Waals surface area contributed by atoms with E-state index in [1.165, 1.54) is 16.0 Å². The van der Waals surface area contributed by atoms with Gasteiger partial charge in [0.25, 0.3) is 5.91 Å². The maximum absolute atomic E-state index is 12.6. The van der Waals surface area contributed by atoms with E-state index in [0.717, 1.165) is 5.69 Å². The molecule has 0 aliphatic carbocycles. The van der Waals surface area contributed by atoms with Crippen molar-refractivity contribution in [3.05, 3.63) is 66.9 Å². The lowest BCUT2D eigenvalue weighted by molar-refractivity contribution is -0.117. The first-order valence-electron chi connectivity index (χ1n) is 8.05. The Hall–Kier alpha value is -3.68. The maximum Gasteiger partial charge on any atom is 0.280 e. The molecule has 8 heteroatoms. The lowest BCUT2D eigenvalue weighted by Crippen LogP contribution is -2.29. The van der Waals surface area contributed by atoms with Gasteiger partial charge in [-0.25, -0.2) is 0 Å². The number of benzene rings is 2. The second-order valence-corrected chi connectivity index (χ2v) is 5.67. The van der Waals surface area contributed by atoms with Gasteiger partial charge in [-0.2, -0.15) is 20.3 Å². The highest BCUT2D eigenvalue weighted by molar-refractivity contribution is 6.18. The molecule has 1 atom stereocenters. The van der Waals surface area contributed by atoms with E-state index < -0.39 is 6.04 Å². The van der Waals surface area contributed by atoms with Crippen LogP contribution in [0.15, 0.2) is 82.2 Å². The summed E-state index contributed by atoms with van der Waals surface area (Å²) in [6, 6.07) is 18.0. The number of anilines is 1. The fourth-order valence-corrected chi connectivity index (χ4v) is 2.55. The second-order valence-electron chi connectivity index (χ2n) is 5.67. The normalized spacial score (nSPS) is 17.1. The molecule has 128 valence electrons. The van der Waals surface area contributed by atoms with Crippen LogP contribution in [0, 0.1) is 0 Å². The Labute approximate surface area is 149 Å². The van der Waals surface area contributed by atoms with E-state index in [2.05, 4.69) is 25.5 Å². The third-order valence-electron chi connectivity index (χ3n) is 3.84. The predicted molar refractivity (Wildman–Crippen MR) is 96.7 cm³/mol. The molecule has 0 saturated carbocycles. The summed E-state index contributed by atoms with van der Waals surface area (Å²) in [5, 5.41) is 22.2. The molecule has 3 aromatic rings. The van der Waals surface area contributed by atoms with Crippen LogP contribution in [0.4, 0.5) is 11.5 Å². The zero-order valence-electron chi connectivity index (χ0n) is 14.0. The number of hydrazone groups is 1. The number of carbonyl (C=O) groups excluding carboxylic acids is 1. The Morgan fingerprint density at radius 3 is 2.31 bits per heavy atom. The summed E-state index contributed by atoms with van der Waals surface area (Å²) in [5.41, 5.74) is 2.10. The van der Waals surface area contributed by atoms with Gasteiger partial charge in [0.15, 0.2) is 6.04 Å². The van der Waals surface area contributed by atoms with Crippen molar-refractivity contribution in [2.75, 3.05) is 5.01 Å². The number of rotatable bonds is 4. The van der Waals surface area contributed by atoms with Crippen LogP contribution in [0.5, 0.6) is 0 Å². The Morgan fingerprint density at radius 2 is 1.62 bits per heavy atom. The number of hydrogen-bond donors (Lipinski definition) is 0. The van der Waals surface area contributed by atoms with Gasteiger partial charge in [0, 0.05) is 0 Å². The average molecular weight is 345 g/mol. The Morgan fingerprint density at radius 1 is 0.962 bits per heavy atom. The molecular formula is C18H15N7O. The Balaban J connectivity index is 1.52. The van der Waals surface area contributed by atoms with Crippen molar-refractivity contribution in [1.82, 2.24) is 15.0 Å². The lowest BCUT2D eigenvalue weighted by atomic mass is 10.2. The van der Waals surface area contributed by atoms with Gasteiger partial charge in [0.2, 0.25) is 5.82 Å². The van der Waals surface area contributed by atoms with Crippen LogP contribution < -0.4 is 5.01 Å². The van der Waals surface area contributed by atoms with E-state index in [1.807, 2.05) is 60.7 Å². The first-order valence-corrected chi connectivity index (χ1v) is 8.05. The minimum atomic E-state index is -0.753. The minimum Gasteiger partial charge on any atom is -0.269 e. The fraction of sp³-hybridized carbons (Fsp3) is 0.111. The third-order valence-corrected chi connectivity index (χ3v) is 3.84. The van der Waals surface area contributed by atoms with Gasteiger partial charge in [0.1, 0.15) is 0 Å². The fourth-order valence-electron chi connectivity index (χ4n) is 2.55. The van der Waals surface area contributed by atoms with Crippen LogP contribution in [-0.2, 0) is 4.79 Å². The van der Waals surface area contributed by atoms with Crippen molar-refractivity contribution in [3.8, 4) is 5.69 Å². The van der Waals surface area contributed by atoms with E-state index in [4.69, 9.17) is 0 Å². The minimum absolute atomic E-state index is 0.243. The number of carbonyl (C=O) groups is 1. The average Bonchev–Trinajstić information content (AvgIpc) is 3.26. The summed E-state index contributed by atoms with van der Waals surface area (Å²) < 4.78 is 0. The zero-order valence-corrected chi connectivity index (χ0v) is 14.0. The molecule has 26 heavy (non-hydrogen) atoms. The molecule has 0 radical (unpaired) electrons. The van der Waals surface area contributed by atoms with E-state index in [1.54, 1.807) is 6.92 Å². The molecule has 2 aromatic carbocycles. The van der Waals surface area contributed by atoms with E-state index in [0.29, 0.717) is 17.2 Å². The molecule has 8 nitrogen and oxygen atoms in total. The molecule has 0 N–H and O–H groups in total. The number of hydrogen-bond acceptors (Lipinski definition) is 6. The molecule has 0 saturated heterocycles. The van der Waals surface area contributed by atoms with Crippen molar-refractivity contribution in [2.45, 2.75) is 13.0 Å². The van der Waals surface area contributed by atoms with Crippen molar-refractivity contribution in [3.63, 3.8) is 0 Å². The van der Waals surface area contributed by atoms with Crippen molar-refractivity contribution in [1.29, 1.82) is 0 Å². The maximum atomic E-state index is 12.6. The van der Waals surface area contributed by atoms with Gasteiger partial charge < -0.3 is 0 Å². The van der Waals surface area contributed by atoms with Gasteiger partial charge in [0.05, 0.1) is 23.3 Å². The molecule has 1 amide bonds. The lowest BCUT2D eigenvalue weighted by Gasteiger charge is -2.11. The second kappa shape index (κ2) is 6.67. The van der Waals surface area contributed by atoms with Gasteiger partial charge in [-0.3, -0.25) is 4.79 Å². The standard InChI is InChI=1S/C18H15N7O/c1-13-17(18(26)24(22-13)14-8-4-2-5-9-14)21-20-16-12-19-25(23-16)15-10-6-3-7-11-15/h2-12,17H,1H3/t17-/m1/s1. The summed E-state index contributed by atoms with van der Waals surface area (Å²) in [7, 11) is 0. The van der Waals surface area contributed by atoms with Crippen molar-refractivity contribution < 1.29 is 4.79 Å². The predicted octanol–water partition coefficient (Wildman–Crippen LogP) is 3.14. The van der Waals surface area contributed by atoms with Crippen LogP contribution in [0.1, 0.15) is 6.92 Å². The number of aromatic nitrogens is 3. The van der Waals surface area contributed by atoms with E-state index in [-0.39, 0.29) is 5.91 Å². The topological polar surface area (TPSA) is 88.1 Å². The monoisotopic (exact) mass is 345 g/mol. The van der Waals surface area contributed by atoms with Crippen LogP contribution in [-0.4, -0.2) is 32.7 Å². The highest BCUT2D eigenvalue weighted by atomic mass is 16.2. The quantitative estimate of drug-likeness (QED) is 0.681. The molecule has 1 aliphatic heterocycles. The summed E-state index contributed by atoms with van der Waals surface area (Å²) in [4.78, 5) is 14.0. The zero-order chi connectivity index (χ0) is 17.9. The molecule has 0 fully saturated rings. The molecule has 1 aromatic heterocycles. The van der Waals surface area contributed by atoms with Crippen LogP contribution in [0.2, 0.25) is 0 Å². The SMILES string of the molecule is CC1=NN(c2ccccc2)C(=O)[C@@H]1N=Nc1cnn(-c2ccccc2)n1. The summed E-state index contributed by atoms with van der Waals surface area (Å²) >= 11 is 0. The van der Waals surface area contributed by atoms with Gasteiger partial charge in [-0.15, -0.1) is 15.0 Å². The smallest absolute Gasteiger partial charge is 0.269 e. The summed E-state index contributed by atoms with van der Waals surface area (Å²) in [6.45, 7) is 1.76. The van der Waals surface area contributed by atoms with Crippen LogP contribution in [0.25, 0.3) is 5.69 Å². The Bertz CT molecular complexity index is 979. The van der Waals surface area contributed by atoms with Gasteiger partial charge in [-0.1, -0.05) is 36.4 Å². The highest BCUT2D eigenvalue weighted by Crippen LogP contribution is 2.22. The molecule has 4 rings (SSSR count). The Kier molecular flexibility index (Phi) is 4.06. The first-order chi connectivity index (χ1) is 12.7. The molecule has 0 unspecified atom stereocenters. The number of azo groups is 1. The molecular weight excluding hydrogens is 330 g/mol. The van der Waals surface area contributed by atoms with Gasteiger partial charge >= 0.3 is 0 Å². The van der Waals surface area contributed by atoms with Gasteiger partial charge in [-0.05, 0) is 31.2 Å². The summed E-state index contributed by atoms with van der Waals surface area (Å²) in [5.74, 6) is 0.0838. The van der Waals surface area contributed by atoms with Crippen molar-refractivity contribution in [2.24, 2.45) is 15.3 Å². The summed E-state index contributed by atoms with van der Waals surface area (Å²) in [6.07, 6.45) is 1.50. The highest BCUT2D eigenvalue weighted by Gasteiger charge is 2.34. The first kappa shape index (κ1) is 15.8. The third kappa shape index (κ3) is 3.00. The van der Waals surface area contributed by atoms with Crippen LogP contribution >= 0.6 is 0 Å². The van der Waals surface area contributed by atoms with Crippen LogP contribution in [0.3, 0.4) is 0 Å². The number of para-hydroxylation sites is 2. The van der Waals surface area contributed by atoms with Crippen molar-refractivity contribution >= 4 is 23.1 Å².